The van der Waals surface area contributed by atoms with E-state index in [2.05, 4.69) is 46.1 Å². The smallest absolute Gasteiger partial charge is 0.289 e. The van der Waals surface area contributed by atoms with Gasteiger partial charge in [-0.25, -0.2) is 4.98 Å². The summed E-state index contributed by atoms with van der Waals surface area (Å²) >= 11 is 0. The standard InChI is InChI=1S/C15H18N4O/c1-12-3-2-4-13(11-12)18-7-9-19(10-8-18)15(20)14-16-5-6-17-14/h2-6,11H,7-10H2,1H3,(H,16,17). The van der Waals surface area contributed by atoms with E-state index in [-0.39, 0.29) is 5.91 Å². The number of hydrogen-bond acceptors (Lipinski definition) is 3. The number of benzene rings is 1. The summed E-state index contributed by atoms with van der Waals surface area (Å²) in [6.45, 7) is 5.27. The summed E-state index contributed by atoms with van der Waals surface area (Å²) in [5.74, 6) is 0.410. The molecule has 1 aliphatic heterocycles. The summed E-state index contributed by atoms with van der Waals surface area (Å²) in [5.41, 5.74) is 2.49. The fraction of sp³-hybridized carbons (Fsp3) is 0.333. The second kappa shape index (κ2) is 5.36. The summed E-state index contributed by atoms with van der Waals surface area (Å²) in [4.78, 5) is 23.2. The van der Waals surface area contributed by atoms with Gasteiger partial charge in [-0.05, 0) is 24.6 Å². The summed E-state index contributed by atoms with van der Waals surface area (Å²) in [5, 5.41) is 0. The molecule has 1 amide bonds. The molecule has 1 aromatic heterocycles. The Balaban J connectivity index is 1.64. The highest BCUT2D eigenvalue weighted by Gasteiger charge is 2.23. The molecule has 0 aliphatic carbocycles. The Bertz CT molecular complexity index is 586. The Hall–Kier alpha value is -2.30. The van der Waals surface area contributed by atoms with Crippen LogP contribution >= 0.6 is 0 Å². The molecule has 1 N–H and O–H groups in total. The van der Waals surface area contributed by atoms with Crippen LogP contribution in [-0.2, 0) is 0 Å². The third kappa shape index (κ3) is 2.52. The second-order valence-corrected chi connectivity index (χ2v) is 5.06. The van der Waals surface area contributed by atoms with Crippen molar-refractivity contribution in [1.82, 2.24) is 14.9 Å². The van der Waals surface area contributed by atoms with Crippen LogP contribution in [0, 0.1) is 6.92 Å². The summed E-state index contributed by atoms with van der Waals surface area (Å²) in [6.07, 6.45) is 3.28. The average molecular weight is 270 g/mol. The monoisotopic (exact) mass is 270 g/mol. The van der Waals surface area contributed by atoms with Crippen LogP contribution in [0.5, 0.6) is 0 Å². The fourth-order valence-corrected chi connectivity index (χ4v) is 2.52. The number of amides is 1. The fourth-order valence-electron chi connectivity index (χ4n) is 2.52. The highest BCUT2D eigenvalue weighted by atomic mass is 16.2. The third-order valence-corrected chi connectivity index (χ3v) is 3.63. The van der Waals surface area contributed by atoms with Crippen molar-refractivity contribution < 1.29 is 4.79 Å². The summed E-state index contributed by atoms with van der Waals surface area (Å²) in [6, 6.07) is 8.48. The number of hydrogen-bond donors (Lipinski definition) is 1. The van der Waals surface area contributed by atoms with Gasteiger partial charge in [-0.15, -0.1) is 0 Å². The maximum atomic E-state index is 12.2. The second-order valence-electron chi connectivity index (χ2n) is 5.06. The number of nitrogens with one attached hydrogen (secondary N) is 1. The highest BCUT2D eigenvalue weighted by Crippen LogP contribution is 2.18. The molecule has 2 aromatic rings. The Morgan fingerprint density at radius 3 is 2.70 bits per heavy atom. The van der Waals surface area contributed by atoms with Crippen LogP contribution in [0.1, 0.15) is 16.2 Å². The summed E-state index contributed by atoms with van der Waals surface area (Å²) < 4.78 is 0. The molecule has 5 heteroatoms. The van der Waals surface area contributed by atoms with Crippen LogP contribution in [0.15, 0.2) is 36.7 Å². The van der Waals surface area contributed by atoms with Gasteiger partial charge in [0, 0.05) is 44.3 Å². The Kier molecular flexibility index (Phi) is 3.41. The largest absolute Gasteiger partial charge is 0.368 e. The molecule has 0 atom stereocenters. The zero-order valence-electron chi connectivity index (χ0n) is 11.5. The zero-order chi connectivity index (χ0) is 13.9. The molecule has 1 aromatic carbocycles. The lowest BCUT2D eigenvalue weighted by atomic mass is 10.2. The Morgan fingerprint density at radius 1 is 1.25 bits per heavy atom. The minimum absolute atomic E-state index is 0.0149. The van der Waals surface area contributed by atoms with Crippen molar-refractivity contribution in [3.63, 3.8) is 0 Å². The molecule has 104 valence electrons. The van der Waals surface area contributed by atoms with Gasteiger partial charge < -0.3 is 14.8 Å². The van der Waals surface area contributed by atoms with Crippen molar-refractivity contribution in [2.24, 2.45) is 0 Å². The first-order chi connectivity index (χ1) is 9.74. The van der Waals surface area contributed by atoms with Crippen LogP contribution in [0.4, 0.5) is 5.69 Å². The van der Waals surface area contributed by atoms with Crippen molar-refractivity contribution in [3.8, 4) is 0 Å². The Labute approximate surface area is 118 Å². The van der Waals surface area contributed by atoms with Gasteiger partial charge in [-0.1, -0.05) is 12.1 Å². The molecule has 1 aliphatic rings. The highest BCUT2D eigenvalue weighted by molar-refractivity contribution is 5.90. The molecular weight excluding hydrogens is 252 g/mol. The molecule has 0 bridgehead atoms. The molecule has 0 spiro atoms. The lowest BCUT2D eigenvalue weighted by molar-refractivity contribution is 0.0735. The first-order valence-electron chi connectivity index (χ1n) is 6.84. The minimum atomic E-state index is -0.0149. The van der Waals surface area contributed by atoms with E-state index in [1.54, 1.807) is 12.4 Å². The maximum absolute atomic E-state index is 12.2. The van der Waals surface area contributed by atoms with Gasteiger partial charge in [0.25, 0.3) is 5.91 Å². The van der Waals surface area contributed by atoms with E-state index in [1.165, 1.54) is 11.3 Å². The quantitative estimate of drug-likeness (QED) is 0.903. The number of piperazine rings is 1. The van der Waals surface area contributed by atoms with Gasteiger partial charge in [0.2, 0.25) is 0 Å². The normalized spacial score (nSPS) is 15.4. The number of H-pyrrole nitrogens is 1. The van der Waals surface area contributed by atoms with Crippen molar-refractivity contribution in [3.05, 3.63) is 48.0 Å². The van der Waals surface area contributed by atoms with Gasteiger partial charge in [0.05, 0.1) is 0 Å². The molecule has 2 heterocycles. The number of rotatable bonds is 2. The van der Waals surface area contributed by atoms with E-state index in [4.69, 9.17) is 0 Å². The van der Waals surface area contributed by atoms with E-state index in [0.717, 1.165) is 26.2 Å². The van der Waals surface area contributed by atoms with Crippen LogP contribution in [0.25, 0.3) is 0 Å². The van der Waals surface area contributed by atoms with Gasteiger partial charge in [0.1, 0.15) is 0 Å². The number of nitrogens with zero attached hydrogens (tertiary/aromatic N) is 3. The van der Waals surface area contributed by atoms with Gasteiger partial charge in [-0.3, -0.25) is 4.79 Å². The maximum Gasteiger partial charge on any atom is 0.289 e. The van der Waals surface area contributed by atoms with E-state index >= 15 is 0 Å². The average Bonchev–Trinajstić information content (AvgIpc) is 3.01. The van der Waals surface area contributed by atoms with E-state index < -0.39 is 0 Å². The number of imidazole rings is 1. The number of anilines is 1. The predicted molar refractivity (Wildman–Crippen MR) is 77.9 cm³/mol. The molecule has 20 heavy (non-hydrogen) atoms. The number of aromatic amines is 1. The van der Waals surface area contributed by atoms with Crippen LogP contribution < -0.4 is 4.90 Å². The van der Waals surface area contributed by atoms with Gasteiger partial charge in [-0.2, -0.15) is 0 Å². The number of carbonyl (C=O) groups excluding carboxylic acids is 1. The van der Waals surface area contributed by atoms with Crippen molar-refractivity contribution in [2.75, 3.05) is 31.1 Å². The van der Waals surface area contributed by atoms with Crippen molar-refractivity contribution in [2.45, 2.75) is 6.92 Å². The molecular formula is C15H18N4O. The lowest BCUT2D eigenvalue weighted by Crippen LogP contribution is -2.49. The number of aryl methyl sites for hydroxylation is 1. The molecule has 5 nitrogen and oxygen atoms in total. The van der Waals surface area contributed by atoms with Crippen molar-refractivity contribution >= 4 is 11.6 Å². The number of carbonyl (C=O) groups is 1. The molecule has 3 rings (SSSR count). The van der Waals surface area contributed by atoms with Crippen molar-refractivity contribution in [1.29, 1.82) is 0 Å². The lowest BCUT2D eigenvalue weighted by Gasteiger charge is -2.35. The van der Waals surface area contributed by atoms with E-state index in [9.17, 15) is 4.79 Å². The summed E-state index contributed by atoms with van der Waals surface area (Å²) in [7, 11) is 0. The topological polar surface area (TPSA) is 52.2 Å². The molecule has 1 saturated heterocycles. The minimum Gasteiger partial charge on any atom is -0.368 e. The zero-order valence-corrected chi connectivity index (χ0v) is 11.5. The first kappa shape index (κ1) is 12.7. The van der Waals surface area contributed by atoms with Crippen LogP contribution in [-0.4, -0.2) is 47.0 Å². The van der Waals surface area contributed by atoms with Gasteiger partial charge >= 0.3 is 0 Å². The third-order valence-electron chi connectivity index (χ3n) is 3.63. The first-order valence-corrected chi connectivity index (χ1v) is 6.84. The van der Waals surface area contributed by atoms with E-state index in [1.807, 2.05) is 4.90 Å². The van der Waals surface area contributed by atoms with E-state index in [0.29, 0.717) is 5.82 Å². The van der Waals surface area contributed by atoms with Crippen LogP contribution in [0.2, 0.25) is 0 Å². The SMILES string of the molecule is Cc1cccc(N2CCN(C(=O)c3ncc[nH]3)CC2)c1. The van der Waals surface area contributed by atoms with Crippen LogP contribution in [0.3, 0.4) is 0 Å². The number of aromatic nitrogens is 2. The molecule has 0 radical (unpaired) electrons. The molecule has 0 unspecified atom stereocenters. The molecule has 1 fully saturated rings. The molecule has 0 saturated carbocycles. The Morgan fingerprint density at radius 2 is 2.05 bits per heavy atom. The predicted octanol–water partition coefficient (Wildman–Crippen LogP) is 1.68. The van der Waals surface area contributed by atoms with Gasteiger partial charge in [0.15, 0.2) is 5.82 Å².